The third-order valence-electron chi connectivity index (χ3n) is 5.71. The number of aromatic nitrogens is 5. The number of hydrogen-bond acceptors (Lipinski definition) is 6. The first-order valence-corrected chi connectivity index (χ1v) is 9.20. The Kier molecular flexibility index (Phi) is 4.50. The Morgan fingerprint density at radius 3 is 3.08 bits per heavy atom. The molecule has 3 heterocycles. The van der Waals surface area contributed by atoms with E-state index in [1.54, 1.807) is 0 Å². The van der Waals surface area contributed by atoms with Crippen molar-refractivity contribution in [2.75, 3.05) is 6.54 Å². The molecule has 134 valence electrons. The Balaban J connectivity index is 1.37. The molecule has 0 aromatic carbocycles. The lowest BCUT2D eigenvalue weighted by molar-refractivity contribution is -0.139. The molecular weight excluding hydrogens is 320 g/mol. The van der Waals surface area contributed by atoms with E-state index >= 15 is 0 Å². The maximum Gasteiger partial charge on any atom is 0.239 e. The molecule has 3 atom stereocenters. The van der Waals surface area contributed by atoms with Crippen molar-refractivity contribution < 1.29 is 9.32 Å². The van der Waals surface area contributed by atoms with Crippen LogP contribution in [0.3, 0.4) is 0 Å². The van der Waals surface area contributed by atoms with Crippen molar-refractivity contribution in [2.45, 2.75) is 57.9 Å². The van der Waals surface area contributed by atoms with E-state index in [9.17, 15) is 4.79 Å². The minimum atomic E-state index is 0.211. The summed E-state index contributed by atoms with van der Waals surface area (Å²) < 4.78 is 5.23. The van der Waals surface area contributed by atoms with Gasteiger partial charge in [-0.25, -0.2) is 4.98 Å². The van der Waals surface area contributed by atoms with E-state index in [0.717, 1.165) is 25.3 Å². The highest BCUT2D eigenvalue weighted by molar-refractivity contribution is 5.76. The number of H-pyrrole nitrogens is 1. The summed E-state index contributed by atoms with van der Waals surface area (Å²) in [6.07, 6.45) is 8.34. The minimum Gasteiger partial charge on any atom is -0.339 e. The maximum absolute atomic E-state index is 12.8. The molecule has 4 rings (SSSR count). The molecule has 2 aliphatic rings. The fraction of sp³-hybridized carbons (Fsp3) is 0.706. The number of nitrogens with zero attached hydrogens (tertiary/aromatic N) is 5. The van der Waals surface area contributed by atoms with Gasteiger partial charge in [0.15, 0.2) is 5.82 Å². The van der Waals surface area contributed by atoms with Gasteiger partial charge < -0.3 is 9.42 Å². The summed E-state index contributed by atoms with van der Waals surface area (Å²) in [6, 6.07) is 0.428. The number of fused-ring (bicyclic) bond motifs is 1. The van der Waals surface area contributed by atoms with Gasteiger partial charge in [-0.3, -0.25) is 9.89 Å². The molecular formula is C17H24N6O2. The van der Waals surface area contributed by atoms with Gasteiger partial charge >= 0.3 is 0 Å². The summed E-state index contributed by atoms with van der Waals surface area (Å²) in [4.78, 5) is 23.2. The first-order valence-electron chi connectivity index (χ1n) is 9.20. The molecule has 2 aromatic rings. The first-order chi connectivity index (χ1) is 12.2. The second kappa shape index (κ2) is 6.93. The zero-order chi connectivity index (χ0) is 17.2. The molecule has 2 aromatic heterocycles. The molecule has 2 fully saturated rings. The van der Waals surface area contributed by atoms with Crippen molar-refractivity contribution in [3.8, 4) is 11.6 Å². The van der Waals surface area contributed by atoms with E-state index in [-0.39, 0.29) is 5.91 Å². The lowest BCUT2D eigenvalue weighted by atomic mass is 9.72. The third-order valence-corrected chi connectivity index (χ3v) is 5.71. The molecule has 1 N–H and O–H groups in total. The van der Waals surface area contributed by atoms with Crippen LogP contribution >= 0.6 is 0 Å². The highest BCUT2D eigenvalue weighted by atomic mass is 16.5. The molecule has 0 bridgehead atoms. The zero-order valence-electron chi connectivity index (χ0n) is 14.5. The van der Waals surface area contributed by atoms with Gasteiger partial charge in [-0.15, -0.1) is 0 Å². The fourth-order valence-corrected chi connectivity index (χ4v) is 4.35. The van der Waals surface area contributed by atoms with Crippen molar-refractivity contribution >= 4 is 5.91 Å². The number of nitrogens with one attached hydrogen (secondary N) is 1. The van der Waals surface area contributed by atoms with E-state index in [2.05, 4.69) is 37.1 Å². The Labute approximate surface area is 146 Å². The van der Waals surface area contributed by atoms with E-state index in [1.807, 2.05) is 0 Å². The Morgan fingerprint density at radius 2 is 2.24 bits per heavy atom. The van der Waals surface area contributed by atoms with Crippen molar-refractivity contribution in [2.24, 2.45) is 11.8 Å². The lowest BCUT2D eigenvalue weighted by Crippen LogP contribution is -2.52. The molecule has 0 unspecified atom stereocenters. The van der Waals surface area contributed by atoms with Crippen LogP contribution in [0.2, 0.25) is 0 Å². The van der Waals surface area contributed by atoms with Crippen LogP contribution in [0.5, 0.6) is 0 Å². The van der Waals surface area contributed by atoms with Crippen LogP contribution < -0.4 is 0 Å². The van der Waals surface area contributed by atoms with Gasteiger partial charge in [0, 0.05) is 25.4 Å². The van der Waals surface area contributed by atoms with Crippen LogP contribution in [-0.2, 0) is 11.2 Å². The zero-order valence-corrected chi connectivity index (χ0v) is 14.5. The van der Waals surface area contributed by atoms with Gasteiger partial charge in [-0.1, -0.05) is 24.9 Å². The molecule has 0 radical (unpaired) electrons. The number of aromatic amines is 1. The van der Waals surface area contributed by atoms with E-state index in [4.69, 9.17) is 4.52 Å². The largest absolute Gasteiger partial charge is 0.339 e. The third kappa shape index (κ3) is 3.29. The summed E-state index contributed by atoms with van der Waals surface area (Å²) in [6.45, 7) is 3.22. The van der Waals surface area contributed by atoms with Crippen LogP contribution in [-0.4, -0.2) is 48.7 Å². The summed E-state index contributed by atoms with van der Waals surface area (Å²) in [5.74, 6) is 2.92. The predicted molar refractivity (Wildman–Crippen MR) is 89.2 cm³/mol. The molecule has 8 heteroatoms. The van der Waals surface area contributed by atoms with E-state index in [0.29, 0.717) is 42.3 Å². The monoisotopic (exact) mass is 344 g/mol. The Morgan fingerprint density at radius 1 is 1.36 bits per heavy atom. The topological polar surface area (TPSA) is 101 Å². The predicted octanol–water partition coefficient (Wildman–Crippen LogP) is 2.21. The number of amides is 1. The van der Waals surface area contributed by atoms with Gasteiger partial charge in [0.25, 0.3) is 0 Å². The number of rotatable bonds is 4. The average molecular weight is 344 g/mol. The molecule has 0 spiro atoms. The van der Waals surface area contributed by atoms with Crippen LogP contribution in [0.25, 0.3) is 11.6 Å². The maximum atomic E-state index is 12.8. The Bertz CT molecular complexity index is 713. The molecule has 25 heavy (non-hydrogen) atoms. The van der Waals surface area contributed by atoms with Crippen molar-refractivity contribution in [3.63, 3.8) is 0 Å². The molecule has 1 saturated heterocycles. The summed E-state index contributed by atoms with van der Waals surface area (Å²) >= 11 is 0. The second-order valence-corrected chi connectivity index (χ2v) is 7.21. The highest BCUT2D eigenvalue weighted by Gasteiger charge is 2.39. The molecule has 1 aliphatic carbocycles. The smallest absolute Gasteiger partial charge is 0.239 e. The van der Waals surface area contributed by atoms with Gasteiger partial charge in [0.2, 0.25) is 17.6 Å². The molecule has 1 saturated carbocycles. The Hall–Kier alpha value is -2.25. The van der Waals surface area contributed by atoms with Crippen molar-refractivity contribution in [1.29, 1.82) is 0 Å². The summed E-state index contributed by atoms with van der Waals surface area (Å²) in [5, 5.41) is 10.3. The highest BCUT2D eigenvalue weighted by Crippen LogP contribution is 2.39. The van der Waals surface area contributed by atoms with Crippen LogP contribution in [0.4, 0.5) is 0 Å². The SMILES string of the molecule is C[C@@H]1CCN(C(=O)CCc2nc(-c3ncn[nH]3)no2)[C@H]2CCCC[C@H]12. The number of hydrogen-bond donors (Lipinski definition) is 1. The summed E-state index contributed by atoms with van der Waals surface area (Å²) in [7, 11) is 0. The normalized spacial score (nSPS) is 26.4. The number of aryl methyl sites for hydroxylation is 1. The molecule has 8 nitrogen and oxygen atoms in total. The lowest BCUT2D eigenvalue weighted by Gasteiger charge is -2.47. The minimum absolute atomic E-state index is 0.211. The van der Waals surface area contributed by atoms with Crippen molar-refractivity contribution in [1.82, 2.24) is 30.2 Å². The van der Waals surface area contributed by atoms with Gasteiger partial charge in [-0.2, -0.15) is 10.1 Å². The first kappa shape index (κ1) is 16.2. The quantitative estimate of drug-likeness (QED) is 0.912. The van der Waals surface area contributed by atoms with E-state index in [1.165, 1.54) is 25.6 Å². The number of carbonyl (C=O) groups excluding carboxylic acids is 1. The second-order valence-electron chi connectivity index (χ2n) is 7.21. The van der Waals surface area contributed by atoms with Crippen LogP contribution in [0, 0.1) is 11.8 Å². The molecule has 1 aliphatic heterocycles. The number of piperidine rings is 1. The van der Waals surface area contributed by atoms with Gasteiger partial charge in [0.05, 0.1) is 0 Å². The fourth-order valence-electron chi connectivity index (χ4n) is 4.35. The van der Waals surface area contributed by atoms with Crippen LogP contribution in [0.1, 0.15) is 51.3 Å². The van der Waals surface area contributed by atoms with Crippen LogP contribution in [0.15, 0.2) is 10.9 Å². The standard InChI is InChI=1S/C17H24N6O2/c1-11-8-9-23(13-5-3-2-4-12(11)13)15(24)7-6-14-20-17(22-25-14)16-18-10-19-21-16/h10-13H,2-9H2,1H3,(H,18,19,21)/t11-,12-,13+/m1/s1. The van der Waals surface area contributed by atoms with E-state index < -0.39 is 0 Å². The summed E-state index contributed by atoms with van der Waals surface area (Å²) in [5.41, 5.74) is 0. The van der Waals surface area contributed by atoms with Crippen molar-refractivity contribution in [3.05, 3.63) is 12.2 Å². The number of likely N-dealkylation sites (tertiary alicyclic amines) is 1. The van der Waals surface area contributed by atoms with Gasteiger partial charge in [0.1, 0.15) is 6.33 Å². The average Bonchev–Trinajstić information content (AvgIpc) is 3.32. The number of carbonyl (C=O) groups is 1. The molecule has 1 amide bonds. The van der Waals surface area contributed by atoms with Gasteiger partial charge in [-0.05, 0) is 31.1 Å².